The zero-order valence-corrected chi connectivity index (χ0v) is 10.9. The van der Waals surface area contributed by atoms with Crippen LogP contribution in [0.4, 0.5) is 0 Å². The molecule has 0 aliphatic heterocycles. The Morgan fingerprint density at radius 2 is 2.41 bits per heavy atom. The van der Waals surface area contributed by atoms with Crippen LogP contribution in [0, 0.1) is 0 Å². The van der Waals surface area contributed by atoms with Gasteiger partial charge in [-0.1, -0.05) is 13.0 Å². The fourth-order valence-electron chi connectivity index (χ4n) is 1.71. The Morgan fingerprint density at radius 3 is 3.12 bits per heavy atom. The van der Waals surface area contributed by atoms with E-state index >= 15 is 0 Å². The van der Waals surface area contributed by atoms with Crippen LogP contribution in [0.5, 0.6) is 0 Å². The molecule has 0 spiro atoms. The normalized spacial score (nSPS) is 12.8. The first kappa shape index (κ1) is 12.2. The van der Waals surface area contributed by atoms with Crippen LogP contribution < -0.4 is 5.32 Å². The first-order chi connectivity index (χ1) is 8.31. The largest absolute Gasteiger partial charge is 0.310 e. The minimum absolute atomic E-state index is 0.289. The lowest BCUT2D eigenvalue weighted by molar-refractivity contribution is 0.452. The summed E-state index contributed by atoms with van der Waals surface area (Å²) in [5, 5.41) is 17.2. The molecule has 0 aliphatic rings. The second-order valence-corrected chi connectivity index (χ2v) is 4.98. The minimum Gasteiger partial charge on any atom is -0.310 e. The molecule has 0 bridgehead atoms. The SMILES string of the molecule is CCNCc1nnnn1C(C)Cc1cccs1. The molecule has 0 fully saturated rings. The third-order valence-electron chi connectivity index (χ3n) is 2.59. The fourth-order valence-corrected chi connectivity index (χ4v) is 2.54. The van der Waals surface area contributed by atoms with Crippen molar-refractivity contribution in [2.75, 3.05) is 6.54 Å². The van der Waals surface area contributed by atoms with Gasteiger partial charge in [-0.05, 0) is 35.3 Å². The summed E-state index contributed by atoms with van der Waals surface area (Å²) in [5.41, 5.74) is 0. The summed E-state index contributed by atoms with van der Waals surface area (Å²) in [4.78, 5) is 1.36. The maximum atomic E-state index is 4.07. The lowest BCUT2D eigenvalue weighted by atomic mass is 10.2. The number of aromatic nitrogens is 4. The summed E-state index contributed by atoms with van der Waals surface area (Å²) in [6, 6.07) is 4.51. The number of hydrogen-bond acceptors (Lipinski definition) is 5. The number of nitrogens with zero attached hydrogens (tertiary/aromatic N) is 4. The average molecular weight is 251 g/mol. The monoisotopic (exact) mass is 251 g/mol. The van der Waals surface area contributed by atoms with E-state index in [0.717, 1.165) is 25.3 Å². The average Bonchev–Trinajstić information content (AvgIpc) is 2.96. The molecule has 1 unspecified atom stereocenters. The van der Waals surface area contributed by atoms with Gasteiger partial charge in [-0.3, -0.25) is 0 Å². The van der Waals surface area contributed by atoms with E-state index in [4.69, 9.17) is 0 Å². The van der Waals surface area contributed by atoms with E-state index in [1.54, 1.807) is 11.3 Å². The Balaban J connectivity index is 2.03. The van der Waals surface area contributed by atoms with E-state index in [1.165, 1.54) is 4.88 Å². The molecule has 0 aromatic carbocycles. The highest BCUT2D eigenvalue weighted by molar-refractivity contribution is 7.09. The standard InChI is InChI=1S/C11H17N5S/c1-3-12-8-11-13-14-15-16(11)9(2)7-10-5-4-6-17-10/h4-6,9,12H,3,7-8H2,1-2H3. The molecule has 1 N–H and O–H groups in total. The van der Waals surface area contributed by atoms with Crippen LogP contribution in [-0.4, -0.2) is 26.8 Å². The van der Waals surface area contributed by atoms with Crippen LogP contribution >= 0.6 is 11.3 Å². The molecular formula is C11H17N5S. The highest BCUT2D eigenvalue weighted by Gasteiger charge is 2.13. The highest BCUT2D eigenvalue weighted by atomic mass is 32.1. The lowest BCUT2D eigenvalue weighted by Gasteiger charge is -2.12. The zero-order chi connectivity index (χ0) is 12.1. The van der Waals surface area contributed by atoms with Crippen molar-refractivity contribution in [1.29, 1.82) is 0 Å². The Kier molecular flexibility index (Phi) is 4.22. The molecule has 0 radical (unpaired) electrons. The van der Waals surface area contributed by atoms with E-state index in [-0.39, 0.29) is 6.04 Å². The summed E-state index contributed by atoms with van der Waals surface area (Å²) in [7, 11) is 0. The summed E-state index contributed by atoms with van der Waals surface area (Å²) in [6.07, 6.45) is 0.974. The molecule has 92 valence electrons. The molecular weight excluding hydrogens is 234 g/mol. The van der Waals surface area contributed by atoms with E-state index in [9.17, 15) is 0 Å². The van der Waals surface area contributed by atoms with Crippen LogP contribution in [0.1, 0.15) is 30.6 Å². The fraction of sp³-hybridized carbons (Fsp3) is 0.545. The number of hydrogen-bond donors (Lipinski definition) is 1. The first-order valence-electron chi connectivity index (χ1n) is 5.81. The second kappa shape index (κ2) is 5.88. The van der Waals surface area contributed by atoms with Crippen LogP contribution in [0.15, 0.2) is 17.5 Å². The van der Waals surface area contributed by atoms with Crippen molar-refractivity contribution < 1.29 is 0 Å². The predicted octanol–water partition coefficient (Wildman–Crippen LogP) is 1.65. The molecule has 17 heavy (non-hydrogen) atoms. The summed E-state index contributed by atoms with van der Waals surface area (Å²) >= 11 is 1.77. The second-order valence-electron chi connectivity index (χ2n) is 3.95. The molecule has 1 atom stereocenters. The molecule has 0 aliphatic carbocycles. The Bertz CT molecular complexity index is 436. The molecule has 2 heterocycles. The van der Waals surface area contributed by atoms with Crippen molar-refractivity contribution in [2.24, 2.45) is 0 Å². The predicted molar refractivity (Wildman–Crippen MR) is 67.9 cm³/mol. The summed E-state index contributed by atoms with van der Waals surface area (Å²) in [5.74, 6) is 0.899. The molecule has 2 aromatic heterocycles. The van der Waals surface area contributed by atoms with E-state index in [2.05, 4.69) is 52.2 Å². The summed E-state index contributed by atoms with van der Waals surface area (Å²) in [6.45, 7) is 5.86. The van der Waals surface area contributed by atoms with Gasteiger partial charge in [0.15, 0.2) is 5.82 Å². The van der Waals surface area contributed by atoms with Crippen molar-refractivity contribution in [3.63, 3.8) is 0 Å². The number of nitrogens with one attached hydrogen (secondary N) is 1. The van der Waals surface area contributed by atoms with Crippen LogP contribution in [-0.2, 0) is 13.0 Å². The van der Waals surface area contributed by atoms with Gasteiger partial charge in [-0.15, -0.1) is 16.4 Å². The van der Waals surface area contributed by atoms with Gasteiger partial charge in [0.05, 0.1) is 12.6 Å². The van der Waals surface area contributed by atoms with Gasteiger partial charge in [-0.25, -0.2) is 4.68 Å². The maximum absolute atomic E-state index is 4.07. The Hall–Kier alpha value is -1.27. The Morgan fingerprint density at radius 1 is 1.53 bits per heavy atom. The van der Waals surface area contributed by atoms with E-state index in [0.29, 0.717) is 0 Å². The molecule has 2 rings (SSSR count). The maximum Gasteiger partial charge on any atom is 0.165 e. The molecule has 0 saturated carbocycles. The number of rotatable bonds is 6. The van der Waals surface area contributed by atoms with Gasteiger partial charge in [0.2, 0.25) is 0 Å². The van der Waals surface area contributed by atoms with Crippen LogP contribution in [0.2, 0.25) is 0 Å². The molecule has 6 heteroatoms. The van der Waals surface area contributed by atoms with Crippen LogP contribution in [0.25, 0.3) is 0 Å². The van der Waals surface area contributed by atoms with Gasteiger partial charge < -0.3 is 5.32 Å². The Labute approximate surface area is 105 Å². The molecule has 0 amide bonds. The molecule has 0 saturated heterocycles. The van der Waals surface area contributed by atoms with Crippen molar-refractivity contribution >= 4 is 11.3 Å². The van der Waals surface area contributed by atoms with E-state index < -0.39 is 0 Å². The van der Waals surface area contributed by atoms with Gasteiger partial charge in [0, 0.05) is 11.3 Å². The third kappa shape index (κ3) is 3.10. The molecule has 2 aromatic rings. The van der Waals surface area contributed by atoms with Gasteiger partial charge >= 0.3 is 0 Å². The van der Waals surface area contributed by atoms with Gasteiger partial charge in [0.25, 0.3) is 0 Å². The summed E-state index contributed by atoms with van der Waals surface area (Å²) < 4.78 is 1.91. The first-order valence-corrected chi connectivity index (χ1v) is 6.69. The minimum atomic E-state index is 0.289. The zero-order valence-electron chi connectivity index (χ0n) is 10.1. The third-order valence-corrected chi connectivity index (χ3v) is 3.49. The van der Waals surface area contributed by atoms with E-state index in [1.807, 2.05) is 4.68 Å². The van der Waals surface area contributed by atoms with Crippen LogP contribution in [0.3, 0.4) is 0 Å². The topological polar surface area (TPSA) is 55.6 Å². The van der Waals surface area contributed by atoms with Crippen molar-refractivity contribution in [3.8, 4) is 0 Å². The smallest absolute Gasteiger partial charge is 0.165 e. The number of tetrazole rings is 1. The van der Waals surface area contributed by atoms with Gasteiger partial charge in [0.1, 0.15) is 0 Å². The lowest BCUT2D eigenvalue weighted by Crippen LogP contribution is -2.19. The molecule has 5 nitrogen and oxygen atoms in total. The highest BCUT2D eigenvalue weighted by Crippen LogP contribution is 2.17. The van der Waals surface area contributed by atoms with Crippen molar-refractivity contribution in [2.45, 2.75) is 32.9 Å². The van der Waals surface area contributed by atoms with Gasteiger partial charge in [-0.2, -0.15) is 0 Å². The number of thiophene rings is 1. The quantitative estimate of drug-likeness (QED) is 0.848. The van der Waals surface area contributed by atoms with Crippen molar-refractivity contribution in [3.05, 3.63) is 28.2 Å². The van der Waals surface area contributed by atoms with Crippen molar-refractivity contribution in [1.82, 2.24) is 25.5 Å².